The van der Waals surface area contributed by atoms with Gasteiger partial charge in [-0.15, -0.1) is 0 Å². The van der Waals surface area contributed by atoms with Gasteiger partial charge in [0.25, 0.3) is 0 Å². The van der Waals surface area contributed by atoms with Crippen LogP contribution in [0, 0.1) is 17.6 Å². The van der Waals surface area contributed by atoms with Gasteiger partial charge < -0.3 is 5.73 Å². The summed E-state index contributed by atoms with van der Waals surface area (Å²) in [6.45, 7) is 4.35. The molecule has 1 unspecified atom stereocenters. The van der Waals surface area contributed by atoms with E-state index in [0.29, 0.717) is 17.9 Å². The highest BCUT2D eigenvalue weighted by atomic mass is 19.2. The minimum absolute atomic E-state index is 0.220. The third-order valence-corrected chi connectivity index (χ3v) is 3.46. The van der Waals surface area contributed by atoms with E-state index in [1.165, 1.54) is 11.6 Å². The van der Waals surface area contributed by atoms with Gasteiger partial charge in [-0.1, -0.05) is 44.2 Å². The molecule has 0 amide bonds. The number of halogens is 2. The number of hydrogen-bond donors (Lipinski definition) is 1. The highest BCUT2D eigenvalue weighted by Crippen LogP contribution is 2.20. The second-order valence-corrected chi connectivity index (χ2v) is 5.90. The highest BCUT2D eigenvalue weighted by molar-refractivity contribution is 5.28. The average Bonchev–Trinajstić information content (AvgIpc) is 2.42. The van der Waals surface area contributed by atoms with Crippen LogP contribution in [0.3, 0.4) is 0 Å². The molecule has 0 fully saturated rings. The van der Waals surface area contributed by atoms with E-state index in [4.69, 9.17) is 5.73 Å². The van der Waals surface area contributed by atoms with Crippen LogP contribution in [0.1, 0.15) is 36.6 Å². The van der Waals surface area contributed by atoms with Crippen molar-refractivity contribution in [1.82, 2.24) is 0 Å². The van der Waals surface area contributed by atoms with Crippen LogP contribution >= 0.6 is 0 Å². The fourth-order valence-corrected chi connectivity index (χ4v) is 2.46. The van der Waals surface area contributed by atoms with Crippen LogP contribution in [0.15, 0.2) is 42.5 Å². The summed E-state index contributed by atoms with van der Waals surface area (Å²) in [6.07, 6.45) is 1.49. The van der Waals surface area contributed by atoms with Crippen molar-refractivity contribution in [3.05, 3.63) is 70.8 Å². The molecule has 3 heteroatoms. The first kappa shape index (κ1) is 15.6. The molecule has 0 radical (unpaired) electrons. The monoisotopic (exact) mass is 289 g/mol. The van der Waals surface area contributed by atoms with Crippen molar-refractivity contribution >= 4 is 0 Å². The molecule has 0 bridgehead atoms. The summed E-state index contributed by atoms with van der Waals surface area (Å²) >= 11 is 0. The van der Waals surface area contributed by atoms with Gasteiger partial charge in [0.2, 0.25) is 0 Å². The Morgan fingerprint density at radius 3 is 2.29 bits per heavy atom. The van der Waals surface area contributed by atoms with E-state index in [1.807, 2.05) is 12.1 Å². The smallest absolute Gasteiger partial charge is 0.159 e. The quantitative estimate of drug-likeness (QED) is 0.867. The van der Waals surface area contributed by atoms with Crippen LogP contribution in [0.5, 0.6) is 0 Å². The van der Waals surface area contributed by atoms with Crippen LogP contribution in [-0.4, -0.2) is 0 Å². The molecular formula is C18H21F2N. The van der Waals surface area contributed by atoms with Crippen molar-refractivity contribution in [2.24, 2.45) is 11.7 Å². The average molecular weight is 289 g/mol. The molecule has 0 heterocycles. The summed E-state index contributed by atoms with van der Waals surface area (Å²) in [4.78, 5) is 0. The van der Waals surface area contributed by atoms with Crippen molar-refractivity contribution < 1.29 is 8.78 Å². The first-order chi connectivity index (χ1) is 9.95. The molecule has 2 aromatic rings. The maximum atomic E-state index is 13.2. The third kappa shape index (κ3) is 4.36. The minimum atomic E-state index is -0.828. The fourth-order valence-electron chi connectivity index (χ4n) is 2.46. The van der Waals surface area contributed by atoms with Crippen molar-refractivity contribution in [3.63, 3.8) is 0 Å². The van der Waals surface area contributed by atoms with Gasteiger partial charge in [0, 0.05) is 6.04 Å². The van der Waals surface area contributed by atoms with E-state index in [2.05, 4.69) is 26.0 Å². The maximum absolute atomic E-state index is 13.2. The Balaban J connectivity index is 2.12. The molecule has 21 heavy (non-hydrogen) atoms. The fraction of sp³-hybridized carbons (Fsp3) is 0.333. The summed E-state index contributed by atoms with van der Waals surface area (Å²) in [7, 11) is 0. The molecular weight excluding hydrogens is 268 g/mol. The molecule has 2 N–H and O–H groups in total. The van der Waals surface area contributed by atoms with Crippen molar-refractivity contribution in [3.8, 4) is 0 Å². The summed E-state index contributed by atoms with van der Waals surface area (Å²) in [5.41, 5.74) is 9.18. The van der Waals surface area contributed by atoms with Gasteiger partial charge in [0.05, 0.1) is 0 Å². The van der Waals surface area contributed by atoms with Gasteiger partial charge in [0.15, 0.2) is 11.6 Å². The lowest BCUT2D eigenvalue weighted by molar-refractivity contribution is 0.506. The zero-order chi connectivity index (χ0) is 15.4. The molecule has 1 atom stereocenters. The van der Waals surface area contributed by atoms with Gasteiger partial charge in [-0.25, -0.2) is 8.78 Å². The van der Waals surface area contributed by atoms with Crippen molar-refractivity contribution in [2.45, 2.75) is 32.7 Å². The van der Waals surface area contributed by atoms with E-state index < -0.39 is 11.6 Å². The summed E-state index contributed by atoms with van der Waals surface area (Å²) < 4.78 is 26.2. The molecule has 0 aromatic heterocycles. The number of benzene rings is 2. The first-order valence-corrected chi connectivity index (χ1v) is 7.24. The summed E-state index contributed by atoms with van der Waals surface area (Å²) in [6, 6.07) is 11.9. The zero-order valence-electron chi connectivity index (χ0n) is 12.4. The van der Waals surface area contributed by atoms with Crippen molar-refractivity contribution in [2.75, 3.05) is 0 Å². The molecule has 2 rings (SSSR count). The SMILES string of the molecule is CC(C)Cc1cccc(C(N)Cc2ccc(F)c(F)c2)c1. The van der Waals surface area contributed by atoms with Gasteiger partial charge in [0.1, 0.15) is 0 Å². The Morgan fingerprint density at radius 1 is 0.905 bits per heavy atom. The minimum Gasteiger partial charge on any atom is -0.324 e. The number of rotatable bonds is 5. The Bertz CT molecular complexity index is 608. The molecule has 0 aliphatic heterocycles. The third-order valence-electron chi connectivity index (χ3n) is 3.46. The van der Waals surface area contributed by atoms with E-state index >= 15 is 0 Å². The van der Waals surface area contributed by atoms with Crippen LogP contribution < -0.4 is 5.73 Å². The molecule has 0 aliphatic rings. The largest absolute Gasteiger partial charge is 0.324 e. The summed E-state index contributed by atoms with van der Waals surface area (Å²) in [5, 5.41) is 0. The Labute approximate surface area is 124 Å². The predicted molar refractivity (Wildman–Crippen MR) is 82.0 cm³/mol. The lowest BCUT2D eigenvalue weighted by atomic mass is 9.95. The van der Waals surface area contributed by atoms with Gasteiger partial charge in [-0.2, -0.15) is 0 Å². The van der Waals surface area contributed by atoms with E-state index in [9.17, 15) is 8.78 Å². The molecule has 112 valence electrons. The lowest BCUT2D eigenvalue weighted by Crippen LogP contribution is -2.14. The molecule has 0 saturated carbocycles. The standard InChI is InChI=1S/C18H21F2N/c1-12(2)8-13-4-3-5-15(9-13)18(21)11-14-6-7-16(19)17(20)10-14/h3-7,9-10,12,18H,8,11,21H2,1-2H3. The maximum Gasteiger partial charge on any atom is 0.159 e. The Hall–Kier alpha value is -1.74. The second-order valence-electron chi connectivity index (χ2n) is 5.90. The normalized spacial score (nSPS) is 12.7. The molecule has 0 spiro atoms. The first-order valence-electron chi connectivity index (χ1n) is 7.24. The van der Waals surface area contributed by atoms with Gasteiger partial charge in [-0.05, 0) is 47.6 Å². The van der Waals surface area contributed by atoms with Crippen LogP contribution in [0.2, 0.25) is 0 Å². The van der Waals surface area contributed by atoms with Crippen LogP contribution in [0.25, 0.3) is 0 Å². The lowest BCUT2D eigenvalue weighted by Gasteiger charge is -2.14. The summed E-state index contributed by atoms with van der Waals surface area (Å²) in [5.74, 6) is -1.07. The predicted octanol–water partition coefficient (Wildman–Crippen LogP) is 4.41. The molecule has 0 saturated heterocycles. The van der Waals surface area contributed by atoms with E-state index in [1.54, 1.807) is 6.07 Å². The van der Waals surface area contributed by atoms with E-state index in [-0.39, 0.29) is 6.04 Å². The van der Waals surface area contributed by atoms with Crippen molar-refractivity contribution in [1.29, 1.82) is 0 Å². The zero-order valence-corrected chi connectivity index (χ0v) is 12.4. The Morgan fingerprint density at radius 2 is 1.62 bits per heavy atom. The van der Waals surface area contributed by atoms with Crippen LogP contribution in [0.4, 0.5) is 8.78 Å². The van der Waals surface area contributed by atoms with Crippen LogP contribution in [-0.2, 0) is 12.8 Å². The Kier molecular flexibility index (Phi) is 5.07. The highest BCUT2D eigenvalue weighted by Gasteiger charge is 2.10. The second kappa shape index (κ2) is 6.81. The van der Waals surface area contributed by atoms with E-state index in [0.717, 1.165) is 18.1 Å². The number of hydrogen-bond acceptors (Lipinski definition) is 1. The molecule has 0 aliphatic carbocycles. The number of nitrogens with two attached hydrogens (primary N) is 1. The molecule has 2 aromatic carbocycles. The topological polar surface area (TPSA) is 26.0 Å². The van der Waals surface area contributed by atoms with Gasteiger partial charge in [-0.3, -0.25) is 0 Å². The van der Waals surface area contributed by atoms with Gasteiger partial charge >= 0.3 is 0 Å². The molecule has 1 nitrogen and oxygen atoms in total.